The van der Waals surface area contributed by atoms with Gasteiger partial charge in [-0.05, 0) is 0 Å². The first-order valence-corrected chi connectivity index (χ1v) is 2.96. The van der Waals surface area contributed by atoms with Gasteiger partial charge < -0.3 is 10.8 Å². The second-order valence-corrected chi connectivity index (χ2v) is 2.35. The van der Waals surface area contributed by atoms with E-state index in [1.807, 2.05) is 0 Å². The molecule has 0 fully saturated rings. The third-order valence-electron chi connectivity index (χ3n) is 0.467. The third-order valence-corrected chi connectivity index (χ3v) is 1.61. The maximum atomic E-state index is 9.97. The molecular weight excluding hydrogens is 225 g/mol. The highest BCUT2D eigenvalue weighted by atomic mass is 127. The number of halogens is 1. The summed E-state index contributed by atoms with van der Waals surface area (Å²) >= 11 is 1.45. The summed E-state index contributed by atoms with van der Waals surface area (Å²) in [5.74, 6) is -2.02. The molecule has 0 aliphatic heterocycles. The molecule has 0 bridgehead atoms. The van der Waals surface area contributed by atoms with Crippen LogP contribution >= 0.6 is 22.6 Å². The molecule has 46 valence electrons. The van der Waals surface area contributed by atoms with Gasteiger partial charge in [-0.15, -0.1) is 0 Å². The van der Waals surface area contributed by atoms with Gasteiger partial charge in [0.15, 0.2) is 3.92 Å². The monoisotopic (exact) mass is 229 g/mol. The van der Waals surface area contributed by atoms with E-state index in [1.54, 1.807) is 0 Å². The summed E-state index contributed by atoms with van der Waals surface area (Å²) in [6, 6.07) is 0. The first-order chi connectivity index (χ1) is 3.55. The van der Waals surface area contributed by atoms with Crippen molar-refractivity contribution < 1.29 is 14.7 Å². The quantitative estimate of drug-likeness (QED) is 0.375. The number of aliphatic carboxylic acids is 1. The molecule has 3 N–H and O–H groups in total. The van der Waals surface area contributed by atoms with E-state index in [0.717, 1.165) is 0 Å². The van der Waals surface area contributed by atoms with Crippen LogP contribution in [0.4, 0.5) is 0 Å². The van der Waals surface area contributed by atoms with E-state index in [0.29, 0.717) is 0 Å². The van der Waals surface area contributed by atoms with Crippen LogP contribution in [0.5, 0.6) is 0 Å². The maximum absolute atomic E-state index is 9.97. The highest BCUT2D eigenvalue weighted by molar-refractivity contribution is 14.1. The van der Waals surface area contributed by atoms with Gasteiger partial charge in [0, 0.05) is 0 Å². The van der Waals surface area contributed by atoms with Crippen LogP contribution in [-0.4, -0.2) is 20.9 Å². The molecule has 1 atom stereocenters. The maximum Gasteiger partial charge on any atom is 0.326 e. The largest absolute Gasteiger partial charge is 0.480 e. The summed E-state index contributed by atoms with van der Waals surface area (Å²) in [5.41, 5.74) is 4.61. The molecule has 0 radical (unpaired) electrons. The van der Waals surface area contributed by atoms with Crippen LogP contribution in [-0.2, 0) is 9.59 Å². The lowest BCUT2D eigenvalue weighted by atomic mass is 10.4. The van der Waals surface area contributed by atoms with Gasteiger partial charge >= 0.3 is 5.97 Å². The number of amides is 1. The van der Waals surface area contributed by atoms with Crippen molar-refractivity contribution in [3.8, 4) is 0 Å². The van der Waals surface area contributed by atoms with E-state index in [9.17, 15) is 9.59 Å². The van der Waals surface area contributed by atoms with Crippen molar-refractivity contribution in [3.05, 3.63) is 0 Å². The van der Waals surface area contributed by atoms with Gasteiger partial charge in [0.25, 0.3) is 0 Å². The molecule has 0 saturated heterocycles. The van der Waals surface area contributed by atoms with E-state index >= 15 is 0 Å². The Morgan fingerprint density at radius 1 is 1.62 bits per heavy atom. The van der Waals surface area contributed by atoms with Crippen molar-refractivity contribution in [2.45, 2.75) is 3.92 Å². The fourth-order valence-electron chi connectivity index (χ4n) is 0.122. The predicted molar refractivity (Wildman–Crippen MR) is 34.6 cm³/mol. The molecule has 0 rings (SSSR count). The minimum absolute atomic E-state index is 0.821. The standard InChI is InChI=1S/C3H4INO3/c4-1(2(5)6)3(7)8/h1H,(H2,5,6)(H,7,8)/t1-/m0/s1. The Hall–Kier alpha value is -0.330. The molecule has 0 heterocycles. The molecule has 0 aromatic carbocycles. The molecule has 4 nitrogen and oxygen atoms in total. The number of hydrogen-bond donors (Lipinski definition) is 2. The summed E-state index contributed by atoms with van der Waals surface area (Å²) < 4.78 is -1.10. The van der Waals surface area contributed by atoms with Crippen molar-refractivity contribution in [2.24, 2.45) is 5.73 Å². The zero-order valence-corrected chi connectivity index (χ0v) is 5.95. The predicted octanol–water partition coefficient (Wildman–Crippen LogP) is -0.640. The smallest absolute Gasteiger partial charge is 0.326 e. The van der Waals surface area contributed by atoms with E-state index in [2.05, 4.69) is 5.73 Å². The van der Waals surface area contributed by atoms with Crippen molar-refractivity contribution >= 4 is 34.5 Å². The molecule has 0 unspecified atom stereocenters. The van der Waals surface area contributed by atoms with E-state index in [4.69, 9.17) is 5.11 Å². The number of nitrogens with two attached hydrogens (primary N) is 1. The van der Waals surface area contributed by atoms with Crippen LogP contribution < -0.4 is 5.73 Å². The second kappa shape index (κ2) is 2.85. The topological polar surface area (TPSA) is 80.4 Å². The van der Waals surface area contributed by atoms with E-state index in [1.165, 1.54) is 22.6 Å². The Morgan fingerprint density at radius 3 is 2.00 bits per heavy atom. The second-order valence-electron chi connectivity index (χ2n) is 1.10. The zero-order valence-electron chi connectivity index (χ0n) is 3.80. The Morgan fingerprint density at radius 2 is 2.00 bits per heavy atom. The summed E-state index contributed by atoms with van der Waals surface area (Å²) in [5, 5.41) is 8.04. The first kappa shape index (κ1) is 7.67. The van der Waals surface area contributed by atoms with Gasteiger partial charge in [0.05, 0.1) is 0 Å². The van der Waals surface area contributed by atoms with Crippen LogP contribution in [0.25, 0.3) is 0 Å². The molecule has 0 saturated carbocycles. The Labute approximate surface area is 59.2 Å². The van der Waals surface area contributed by atoms with Gasteiger partial charge in [0.1, 0.15) is 0 Å². The van der Waals surface area contributed by atoms with Crippen LogP contribution in [0, 0.1) is 0 Å². The fourth-order valence-corrected chi connectivity index (χ4v) is 0.122. The van der Waals surface area contributed by atoms with Crippen LogP contribution in [0.3, 0.4) is 0 Å². The van der Waals surface area contributed by atoms with Gasteiger partial charge in [-0.3, -0.25) is 9.59 Å². The molecular formula is C3H4INO3. The number of carboxylic acid groups (broad SMARTS) is 1. The lowest BCUT2D eigenvalue weighted by Gasteiger charge is -1.93. The minimum Gasteiger partial charge on any atom is -0.480 e. The highest BCUT2D eigenvalue weighted by Crippen LogP contribution is 1.97. The van der Waals surface area contributed by atoms with Crippen molar-refractivity contribution in [2.75, 3.05) is 0 Å². The first-order valence-electron chi connectivity index (χ1n) is 1.72. The van der Waals surface area contributed by atoms with Crippen LogP contribution in [0.1, 0.15) is 0 Å². The number of carbonyl (C=O) groups is 2. The average molecular weight is 229 g/mol. The highest BCUT2D eigenvalue weighted by Gasteiger charge is 2.18. The van der Waals surface area contributed by atoms with Gasteiger partial charge in [0.2, 0.25) is 5.91 Å². The molecule has 0 aromatic heterocycles. The van der Waals surface area contributed by atoms with Gasteiger partial charge in [-0.1, -0.05) is 22.6 Å². The lowest BCUT2D eigenvalue weighted by molar-refractivity contribution is -0.138. The average Bonchev–Trinajstić information content (AvgIpc) is 1.64. The zero-order chi connectivity index (χ0) is 6.73. The number of carboxylic acids is 1. The molecule has 0 spiro atoms. The Balaban J connectivity index is 3.83. The van der Waals surface area contributed by atoms with E-state index < -0.39 is 15.8 Å². The molecule has 8 heavy (non-hydrogen) atoms. The van der Waals surface area contributed by atoms with Crippen molar-refractivity contribution in [1.82, 2.24) is 0 Å². The van der Waals surface area contributed by atoms with Crippen molar-refractivity contribution in [3.63, 3.8) is 0 Å². The third kappa shape index (κ3) is 2.10. The molecule has 1 amide bonds. The summed E-state index contributed by atoms with van der Waals surface area (Å²) in [6.07, 6.45) is 0. The lowest BCUT2D eigenvalue weighted by Crippen LogP contribution is -2.29. The molecule has 0 aliphatic carbocycles. The van der Waals surface area contributed by atoms with Crippen LogP contribution in [0.2, 0.25) is 0 Å². The number of rotatable bonds is 2. The molecule has 0 aliphatic rings. The summed E-state index contributed by atoms with van der Waals surface area (Å²) in [7, 11) is 0. The van der Waals surface area contributed by atoms with E-state index in [-0.39, 0.29) is 0 Å². The number of alkyl halides is 1. The summed E-state index contributed by atoms with van der Waals surface area (Å²) in [4.78, 5) is 19.8. The van der Waals surface area contributed by atoms with Gasteiger partial charge in [-0.25, -0.2) is 0 Å². The number of primary amides is 1. The summed E-state index contributed by atoms with van der Waals surface area (Å²) in [6.45, 7) is 0. The molecule has 5 heteroatoms. The fraction of sp³-hybridized carbons (Fsp3) is 0.333. The SMILES string of the molecule is NC(=O)[C@H](I)C(=O)O. The Bertz CT molecular complexity index is 110. The number of carbonyl (C=O) groups excluding carboxylic acids is 1. The number of hydrogen-bond acceptors (Lipinski definition) is 2. The molecule has 0 aromatic rings. The van der Waals surface area contributed by atoms with Gasteiger partial charge in [-0.2, -0.15) is 0 Å². The minimum atomic E-state index is -1.20. The Kier molecular flexibility index (Phi) is 2.74. The van der Waals surface area contributed by atoms with Crippen LogP contribution in [0.15, 0.2) is 0 Å². The van der Waals surface area contributed by atoms with Crippen molar-refractivity contribution in [1.29, 1.82) is 0 Å². The normalized spacial score (nSPS) is 12.6.